The van der Waals surface area contributed by atoms with Crippen LogP contribution in [0.25, 0.3) is 0 Å². The van der Waals surface area contributed by atoms with Crippen LogP contribution >= 0.6 is 0 Å². The van der Waals surface area contributed by atoms with Gasteiger partial charge in [0.2, 0.25) is 11.8 Å². The van der Waals surface area contributed by atoms with Gasteiger partial charge in [0, 0.05) is 11.8 Å². The number of aryl methyl sites for hydroxylation is 1. The lowest BCUT2D eigenvalue weighted by atomic mass is 9.77. The van der Waals surface area contributed by atoms with Crippen molar-refractivity contribution in [2.45, 2.75) is 90.2 Å². The van der Waals surface area contributed by atoms with Crippen molar-refractivity contribution in [1.82, 2.24) is 20.3 Å². The molecule has 1 saturated heterocycles. The van der Waals surface area contributed by atoms with Crippen molar-refractivity contribution in [3.05, 3.63) is 41.5 Å². The third-order valence-corrected chi connectivity index (χ3v) is 7.70. The second-order valence-corrected chi connectivity index (χ2v) is 10.7. The Morgan fingerprint density at radius 2 is 2.08 bits per heavy atom. The summed E-state index contributed by atoms with van der Waals surface area (Å²) in [6.45, 7) is 4.52. The number of benzene rings is 1. The molecular formula is C27H37FN4O4. The van der Waals surface area contributed by atoms with E-state index in [2.05, 4.69) is 15.6 Å². The Hall–Kier alpha value is -2.81. The van der Waals surface area contributed by atoms with Crippen molar-refractivity contribution in [3.8, 4) is 5.75 Å². The highest BCUT2D eigenvalue weighted by Gasteiger charge is 2.37. The van der Waals surface area contributed by atoms with Gasteiger partial charge in [-0.25, -0.2) is 9.07 Å². The fourth-order valence-corrected chi connectivity index (χ4v) is 4.74. The van der Waals surface area contributed by atoms with Crippen molar-refractivity contribution in [3.63, 3.8) is 0 Å². The standard InChI is InChI=1S/C27H37FN4O4/c1-3-27(35,20-10-11-22(28)23(15-20)36-17-19-8-9-19)18-32-21(16-29-31-32)7-5-4-6-13-26(2)14-12-24(33)30-25(26)34/h10-11,15-16,19,35H,3-9,12-14,17-18H2,1-2H3,(H,30,33,34)/t26?,27-/m1/s1. The Bertz CT molecular complexity index is 1090. The average Bonchev–Trinajstić information content (AvgIpc) is 3.59. The number of carbonyl (C=O) groups excluding carboxylic acids is 2. The number of hydrogen-bond acceptors (Lipinski definition) is 6. The first-order valence-electron chi connectivity index (χ1n) is 13.1. The maximum atomic E-state index is 14.3. The summed E-state index contributed by atoms with van der Waals surface area (Å²) in [7, 11) is 0. The predicted molar refractivity (Wildman–Crippen MR) is 131 cm³/mol. The molecule has 36 heavy (non-hydrogen) atoms. The molecule has 2 amide bonds. The molecule has 196 valence electrons. The monoisotopic (exact) mass is 500 g/mol. The molecule has 2 fully saturated rings. The van der Waals surface area contributed by atoms with Crippen molar-refractivity contribution in [2.75, 3.05) is 6.61 Å². The maximum absolute atomic E-state index is 14.3. The molecule has 2 N–H and O–H groups in total. The van der Waals surface area contributed by atoms with Crippen LogP contribution in [0.2, 0.25) is 0 Å². The molecule has 0 spiro atoms. The number of nitrogens with one attached hydrogen (secondary N) is 1. The van der Waals surface area contributed by atoms with Crippen LogP contribution in [0.5, 0.6) is 5.75 Å². The number of ether oxygens (including phenoxy) is 1. The van der Waals surface area contributed by atoms with Crippen LogP contribution in [-0.2, 0) is 28.2 Å². The molecule has 9 heteroatoms. The summed E-state index contributed by atoms with van der Waals surface area (Å²) in [6, 6.07) is 4.56. The van der Waals surface area contributed by atoms with Gasteiger partial charge in [0.1, 0.15) is 5.60 Å². The Labute approximate surface area is 211 Å². The van der Waals surface area contributed by atoms with Crippen LogP contribution in [-0.4, -0.2) is 38.5 Å². The number of halogens is 1. The number of amides is 2. The Kier molecular flexibility index (Phi) is 8.07. The van der Waals surface area contributed by atoms with E-state index in [1.165, 1.54) is 6.07 Å². The lowest BCUT2D eigenvalue weighted by Gasteiger charge is -2.31. The summed E-state index contributed by atoms with van der Waals surface area (Å²) in [5, 5.41) is 22.2. The van der Waals surface area contributed by atoms with Gasteiger partial charge in [-0.1, -0.05) is 38.0 Å². The summed E-state index contributed by atoms with van der Waals surface area (Å²) in [5.74, 6) is -0.0994. The second kappa shape index (κ2) is 11.1. The van der Waals surface area contributed by atoms with Crippen molar-refractivity contribution < 1.29 is 23.8 Å². The van der Waals surface area contributed by atoms with Crippen LogP contribution < -0.4 is 10.1 Å². The summed E-state index contributed by atoms with van der Waals surface area (Å²) >= 11 is 0. The SMILES string of the molecule is CC[C@@](O)(Cn1nncc1CCCCCC1(C)CCC(=O)NC1=O)c1ccc(F)c(OCC2CC2)c1. The summed E-state index contributed by atoms with van der Waals surface area (Å²) in [4.78, 5) is 23.6. The van der Waals surface area contributed by atoms with Crippen LogP contribution in [0.1, 0.15) is 82.9 Å². The number of hydrogen-bond donors (Lipinski definition) is 2. The van der Waals surface area contributed by atoms with Gasteiger partial charge >= 0.3 is 0 Å². The third-order valence-electron chi connectivity index (χ3n) is 7.70. The molecule has 1 aliphatic heterocycles. The third kappa shape index (κ3) is 6.30. The smallest absolute Gasteiger partial charge is 0.232 e. The molecule has 1 unspecified atom stereocenters. The van der Waals surface area contributed by atoms with Gasteiger partial charge in [-0.05, 0) is 68.6 Å². The topological polar surface area (TPSA) is 106 Å². The van der Waals surface area contributed by atoms with E-state index in [1.807, 2.05) is 13.8 Å². The van der Waals surface area contributed by atoms with E-state index < -0.39 is 16.8 Å². The molecule has 8 nitrogen and oxygen atoms in total. The van der Waals surface area contributed by atoms with Gasteiger partial charge in [0.15, 0.2) is 11.6 Å². The van der Waals surface area contributed by atoms with Gasteiger partial charge < -0.3 is 9.84 Å². The molecule has 0 bridgehead atoms. The number of imide groups is 1. The summed E-state index contributed by atoms with van der Waals surface area (Å²) in [5.41, 5.74) is -0.211. The van der Waals surface area contributed by atoms with E-state index in [1.54, 1.807) is 23.0 Å². The van der Waals surface area contributed by atoms with Crippen LogP contribution in [0.4, 0.5) is 4.39 Å². The predicted octanol–water partition coefficient (Wildman–Crippen LogP) is 4.05. The highest BCUT2D eigenvalue weighted by atomic mass is 19.1. The number of carbonyl (C=O) groups is 2. The van der Waals surface area contributed by atoms with Gasteiger partial charge in [-0.3, -0.25) is 14.9 Å². The molecule has 2 aliphatic rings. The molecule has 2 aromatic rings. The van der Waals surface area contributed by atoms with E-state index in [0.717, 1.165) is 50.6 Å². The quantitative estimate of drug-likeness (QED) is 0.318. The molecule has 2 heterocycles. The van der Waals surface area contributed by atoms with Gasteiger partial charge in [0.05, 0.1) is 25.0 Å². The molecule has 1 aromatic carbocycles. The number of aliphatic hydroxyl groups is 1. The van der Waals surface area contributed by atoms with E-state index in [4.69, 9.17) is 4.74 Å². The molecule has 1 aliphatic carbocycles. The Morgan fingerprint density at radius 3 is 2.81 bits per heavy atom. The maximum Gasteiger partial charge on any atom is 0.232 e. The van der Waals surface area contributed by atoms with E-state index in [9.17, 15) is 19.1 Å². The van der Waals surface area contributed by atoms with E-state index in [0.29, 0.717) is 37.4 Å². The van der Waals surface area contributed by atoms with E-state index >= 15 is 0 Å². The number of rotatable bonds is 13. The molecule has 0 radical (unpaired) electrons. The average molecular weight is 501 g/mol. The molecule has 2 atom stereocenters. The highest BCUT2D eigenvalue weighted by Crippen LogP contribution is 2.35. The Balaban J connectivity index is 1.32. The second-order valence-electron chi connectivity index (χ2n) is 10.7. The van der Waals surface area contributed by atoms with E-state index in [-0.39, 0.29) is 24.1 Å². The normalized spacial score (nSPS) is 21.8. The first-order chi connectivity index (χ1) is 17.2. The Morgan fingerprint density at radius 1 is 1.28 bits per heavy atom. The number of piperidine rings is 1. The first-order valence-corrected chi connectivity index (χ1v) is 13.1. The fourth-order valence-electron chi connectivity index (χ4n) is 4.74. The van der Waals surface area contributed by atoms with Gasteiger partial charge in [-0.2, -0.15) is 0 Å². The summed E-state index contributed by atoms with van der Waals surface area (Å²) in [6.07, 6.45) is 9.56. The van der Waals surface area contributed by atoms with Crippen LogP contribution in [0.15, 0.2) is 24.4 Å². The lowest BCUT2D eigenvalue weighted by molar-refractivity contribution is -0.141. The minimum atomic E-state index is -1.24. The zero-order chi connectivity index (χ0) is 25.8. The molecule has 1 aromatic heterocycles. The minimum Gasteiger partial charge on any atom is -0.490 e. The zero-order valence-electron chi connectivity index (χ0n) is 21.3. The van der Waals surface area contributed by atoms with Crippen molar-refractivity contribution >= 4 is 11.8 Å². The van der Waals surface area contributed by atoms with Crippen LogP contribution in [0.3, 0.4) is 0 Å². The number of unbranched alkanes of at least 4 members (excludes halogenated alkanes) is 2. The molecule has 4 rings (SSSR count). The molecular weight excluding hydrogens is 463 g/mol. The fraction of sp³-hybridized carbons (Fsp3) is 0.630. The van der Waals surface area contributed by atoms with Gasteiger partial charge in [0.25, 0.3) is 0 Å². The minimum absolute atomic E-state index is 0.165. The lowest BCUT2D eigenvalue weighted by Crippen LogP contribution is -2.47. The van der Waals surface area contributed by atoms with Crippen molar-refractivity contribution in [2.24, 2.45) is 11.3 Å². The van der Waals surface area contributed by atoms with Gasteiger partial charge in [-0.15, -0.1) is 5.10 Å². The van der Waals surface area contributed by atoms with Crippen LogP contribution in [0, 0.1) is 17.2 Å². The zero-order valence-corrected chi connectivity index (χ0v) is 21.3. The largest absolute Gasteiger partial charge is 0.490 e. The summed E-state index contributed by atoms with van der Waals surface area (Å²) < 4.78 is 21.7. The highest BCUT2D eigenvalue weighted by molar-refractivity contribution is 6.00. The molecule has 1 saturated carbocycles. The number of nitrogens with zero attached hydrogens (tertiary/aromatic N) is 3. The van der Waals surface area contributed by atoms with Crippen molar-refractivity contribution in [1.29, 1.82) is 0 Å². The first kappa shape index (κ1) is 26.3. The number of aromatic nitrogens is 3.